The quantitative estimate of drug-likeness (QED) is 0.682. The predicted octanol–water partition coefficient (Wildman–Crippen LogP) is 3.98. The van der Waals surface area contributed by atoms with Crippen LogP contribution in [0.2, 0.25) is 4.34 Å². The molecular weight excluding hydrogens is 374 g/mol. The number of fused-ring (bicyclic) bond motifs is 2. The molecule has 1 amide bonds. The van der Waals surface area contributed by atoms with Crippen LogP contribution >= 0.6 is 22.9 Å². The maximum atomic E-state index is 13.3. The molecule has 6 nitrogen and oxygen atoms in total. The van der Waals surface area contributed by atoms with Crippen molar-refractivity contribution in [3.05, 3.63) is 57.0 Å². The van der Waals surface area contributed by atoms with Gasteiger partial charge < -0.3 is 9.47 Å². The number of amides is 1. The van der Waals surface area contributed by atoms with Crippen LogP contribution in [0, 0.1) is 0 Å². The lowest BCUT2D eigenvalue weighted by atomic mass is 9.94. The van der Waals surface area contributed by atoms with Crippen molar-refractivity contribution in [1.82, 2.24) is 9.97 Å². The zero-order valence-electron chi connectivity index (χ0n) is 13.6. The van der Waals surface area contributed by atoms with Crippen molar-refractivity contribution in [2.75, 3.05) is 12.0 Å². The molecule has 1 unspecified atom stereocenters. The van der Waals surface area contributed by atoms with E-state index in [1.807, 2.05) is 12.1 Å². The molecule has 0 saturated carbocycles. The Labute approximate surface area is 158 Å². The molecule has 0 saturated heterocycles. The summed E-state index contributed by atoms with van der Waals surface area (Å²) in [5, 5.41) is 0. The van der Waals surface area contributed by atoms with Crippen LogP contribution in [-0.4, -0.2) is 23.0 Å². The molecule has 0 N–H and O–H groups in total. The maximum Gasteiger partial charge on any atom is 0.242 e. The van der Waals surface area contributed by atoms with E-state index in [0.29, 0.717) is 39.8 Å². The molecule has 0 spiro atoms. The van der Waals surface area contributed by atoms with Gasteiger partial charge in [0.2, 0.25) is 11.8 Å². The number of aromatic nitrogens is 2. The predicted molar refractivity (Wildman–Crippen MR) is 97.5 cm³/mol. The highest BCUT2D eigenvalue weighted by molar-refractivity contribution is 7.16. The maximum absolute atomic E-state index is 13.3. The summed E-state index contributed by atoms with van der Waals surface area (Å²) in [7, 11) is 1.54. The van der Waals surface area contributed by atoms with Crippen molar-refractivity contribution < 1.29 is 14.3 Å². The van der Waals surface area contributed by atoms with E-state index >= 15 is 0 Å². The van der Waals surface area contributed by atoms with Crippen molar-refractivity contribution >= 4 is 34.7 Å². The highest BCUT2D eigenvalue weighted by Crippen LogP contribution is 2.52. The van der Waals surface area contributed by atoms with Crippen LogP contribution in [0.15, 0.2) is 36.5 Å². The summed E-state index contributed by atoms with van der Waals surface area (Å²) in [6.45, 7) is 0.412. The zero-order valence-corrected chi connectivity index (χ0v) is 15.2. The molecule has 8 heteroatoms. The van der Waals surface area contributed by atoms with Crippen LogP contribution in [0.25, 0.3) is 0 Å². The van der Waals surface area contributed by atoms with Gasteiger partial charge >= 0.3 is 0 Å². The Hall–Kier alpha value is -2.64. The van der Waals surface area contributed by atoms with E-state index in [2.05, 4.69) is 9.97 Å². The fourth-order valence-corrected chi connectivity index (χ4v) is 4.45. The highest BCUT2D eigenvalue weighted by Gasteiger charge is 2.46. The third-order valence-electron chi connectivity index (χ3n) is 4.49. The molecule has 0 aromatic carbocycles. The number of pyridine rings is 2. The summed E-state index contributed by atoms with van der Waals surface area (Å²) < 4.78 is 11.9. The lowest BCUT2D eigenvalue weighted by Gasteiger charge is -2.22. The van der Waals surface area contributed by atoms with E-state index in [0.717, 1.165) is 10.4 Å². The number of methoxy groups -OCH3 is 1. The van der Waals surface area contributed by atoms with Crippen molar-refractivity contribution in [3.8, 4) is 17.4 Å². The summed E-state index contributed by atoms with van der Waals surface area (Å²) in [6.07, 6.45) is 1.65. The molecule has 0 bridgehead atoms. The van der Waals surface area contributed by atoms with Crippen LogP contribution in [0.1, 0.15) is 22.1 Å². The Morgan fingerprint density at radius 1 is 1.27 bits per heavy atom. The second-order valence-electron chi connectivity index (χ2n) is 5.95. The minimum absolute atomic E-state index is 0.0743. The molecule has 5 rings (SSSR count). The third-order valence-corrected chi connectivity index (χ3v) is 5.71. The number of ether oxygens (including phenoxy) is 2. The Morgan fingerprint density at radius 3 is 2.92 bits per heavy atom. The van der Waals surface area contributed by atoms with E-state index in [-0.39, 0.29) is 5.91 Å². The molecule has 26 heavy (non-hydrogen) atoms. The van der Waals surface area contributed by atoms with E-state index in [1.165, 1.54) is 11.3 Å². The summed E-state index contributed by atoms with van der Waals surface area (Å²) in [4.78, 5) is 24.8. The molecule has 3 aromatic heterocycles. The molecule has 0 fully saturated rings. The monoisotopic (exact) mass is 385 g/mol. The van der Waals surface area contributed by atoms with Gasteiger partial charge in [-0.2, -0.15) is 0 Å². The number of nitrogens with zero attached hydrogens (tertiary/aromatic N) is 3. The average Bonchev–Trinajstić information content (AvgIpc) is 3.19. The van der Waals surface area contributed by atoms with Crippen LogP contribution < -0.4 is 14.4 Å². The fraction of sp³-hybridized carbons (Fsp3) is 0.167. The van der Waals surface area contributed by atoms with Crippen molar-refractivity contribution in [2.45, 2.75) is 12.5 Å². The van der Waals surface area contributed by atoms with Gasteiger partial charge in [0.15, 0.2) is 0 Å². The first-order chi connectivity index (χ1) is 12.7. The molecule has 2 aliphatic rings. The Balaban J connectivity index is 1.64. The SMILES string of the molecule is COc1ccc2c(n1)C1C(=O)N(Cc3ccc(Cl)s3)c3nccc(c31)O2. The number of hydrogen-bond acceptors (Lipinski definition) is 6. The second-order valence-corrected chi connectivity index (χ2v) is 7.75. The molecule has 2 aliphatic heterocycles. The minimum atomic E-state index is -0.539. The van der Waals surface area contributed by atoms with Crippen LogP contribution in [0.5, 0.6) is 17.4 Å². The van der Waals surface area contributed by atoms with E-state index < -0.39 is 5.92 Å². The van der Waals surface area contributed by atoms with Crippen molar-refractivity contribution in [3.63, 3.8) is 0 Å². The number of carbonyl (C=O) groups is 1. The van der Waals surface area contributed by atoms with Crippen LogP contribution in [-0.2, 0) is 11.3 Å². The van der Waals surface area contributed by atoms with Crippen molar-refractivity contribution in [1.29, 1.82) is 0 Å². The molecular formula is C18H12ClN3O3S. The largest absolute Gasteiger partial charge is 0.481 e. The second kappa shape index (κ2) is 5.69. The first-order valence-corrected chi connectivity index (χ1v) is 9.12. The Morgan fingerprint density at radius 2 is 2.15 bits per heavy atom. The van der Waals surface area contributed by atoms with Gasteiger partial charge in [0.1, 0.15) is 28.9 Å². The van der Waals surface area contributed by atoms with Gasteiger partial charge in [0.05, 0.1) is 23.6 Å². The number of rotatable bonds is 3. The number of anilines is 1. The molecule has 1 atom stereocenters. The number of carbonyl (C=O) groups excluding carboxylic acids is 1. The standard InChI is InChI=1S/C18H12ClN3O3S/c1-24-13-5-3-11-16(21-13)15-14-10(25-11)6-7-20-17(14)22(18(15)23)8-9-2-4-12(19)26-9/h2-7,15H,8H2,1H3. The Kier molecular flexibility index (Phi) is 3.41. The smallest absolute Gasteiger partial charge is 0.242 e. The van der Waals surface area contributed by atoms with E-state index in [4.69, 9.17) is 21.1 Å². The minimum Gasteiger partial charge on any atom is -0.481 e. The summed E-state index contributed by atoms with van der Waals surface area (Å²) >= 11 is 7.48. The molecule has 0 radical (unpaired) electrons. The first-order valence-electron chi connectivity index (χ1n) is 7.93. The van der Waals surface area contributed by atoms with Crippen molar-refractivity contribution in [2.24, 2.45) is 0 Å². The van der Waals surface area contributed by atoms with E-state index in [1.54, 1.807) is 36.4 Å². The third kappa shape index (κ3) is 2.21. The summed E-state index contributed by atoms with van der Waals surface area (Å²) in [5.41, 5.74) is 1.32. The number of halogens is 1. The molecule has 0 aliphatic carbocycles. The number of thiophene rings is 1. The van der Waals surface area contributed by atoms with Gasteiger partial charge in [-0.1, -0.05) is 11.6 Å². The summed E-state index contributed by atoms with van der Waals surface area (Å²) in [5.74, 6) is 1.64. The zero-order chi connectivity index (χ0) is 17.8. The highest BCUT2D eigenvalue weighted by atomic mass is 35.5. The lowest BCUT2D eigenvalue weighted by molar-refractivity contribution is -0.118. The van der Waals surface area contributed by atoms with Crippen LogP contribution in [0.3, 0.4) is 0 Å². The van der Waals surface area contributed by atoms with E-state index in [9.17, 15) is 4.79 Å². The van der Waals surface area contributed by atoms with Gasteiger partial charge in [-0.3, -0.25) is 9.69 Å². The van der Waals surface area contributed by atoms with Gasteiger partial charge in [-0.15, -0.1) is 11.3 Å². The lowest BCUT2D eigenvalue weighted by Crippen LogP contribution is -2.29. The van der Waals surface area contributed by atoms with Gasteiger partial charge in [0.25, 0.3) is 0 Å². The van der Waals surface area contributed by atoms with Gasteiger partial charge in [-0.25, -0.2) is 9.97 Å². The molecule has 5 heterocycles. The van der Waals surface area contributed by atoms with Gasteiger partial charge in [0, 0.05) is 17.1 Å². The molecule has 130 valence electrons. The number of hydrogen-bond donors (Lipinski definition) is 0. The first kappa shape index (κ1) is 15.6. The Bertz CT molecular complexity index is 1050. The topological polar surface area (TPSA) is 64.5 Å². The normalized spacial score (nSPS) is 16.9. The fourth-order valence-electron chi connectivity index (χ4n) is 3.37. The summed E-state index contributed by atoms with van der Waals surface area (Å²) in [6, 6.07) is 9.02. The average molecular weight is 386 g/mol. The van der Waals surface area contributed by atoms with Crippen LogP contribution in [0.4, 0.5) is 5.82 Å². The molecule has 3 aromatic rings. The van der Waals surface area contributed by atoms with Gasteiger partial charge in [-0.05, 0) is 24.3 Å².